The third kappa shape index (κ3) is 4.46. The van der Waals surface area contributed by atoms with Crippen molar-refractivity contribution in [1.29, 1.82) is 0 Å². The van der Waals surface area contributed by atoms with Crippen molar-refractivity contribution in [1.82, 2.24) is 5.32 Å². The number of hydrogen-bond acceptors (Lipinski definition) is 5. The first-order valence-electron chi connectivity index (χ1n) is 7.69. The second-order valence-electron chi connectivity index (χ2n) is 5.54. The van der Waals surface area contributed by atoms with E-state index in [-0.39, 0.29) is 12.5 Å². The Kier molecular flexibility index (Phi) is 4.90. The number of carbonyl (C=O) groups is 1. The lowest BCUT2D eigenvalue weighted by Crippen LogP contribution is -2.36. The van der Waals surface area contributed by atoms with Crippen LogP contribution in [-0.2, 0) is 14.4 Å². The molecule has 1 aliphatic heterocycles. The molecule has 0 unspecified atom stereocenters. The fourth-order valence-corrected chi connectivity index (χ4v) is 2.28. The van der Waals surface area contributed by atoms with Crippen LogP contribution in [0.4, 0.5) is 5.69 Å². The van der Waals surface area contributed by atoms with Crippen molar-refractivity contribution in [2.45, 2.75) is 18.9 Å². The summed E-state index contributed by atoms with van der Waals surface area (Å²) in [6.45, 7) is 3.37. The van der Waals surface area contributed by atoms with Gasteiger partial charge in [0.1, 0.15) is 0 Å². The zero-order valence-corrected chi connectivity index (χ0v) is 12.5. The number of ether oxygens (including phenoxy) is 1. The van der Waals surface area contributed by atoms with Crippen LogP contribution in [-0.4, -0.2) is 51.1 Å². The van der Waals surface area contributed by atoms with Crippen molar-refractivity contribution in [2.24, 2.45) is 5.16 Å². The maximum Gasteiger partial charge on any atom is 0.260 e. The van der Waals surface area contributed by atoms with E-state index in [1.165, 1.54) is 5.69 Å². The zero-order valence-electron chi connectivity index (χ0n) is 12.5. The molecule has 3 rings (SSSR count). The SMILES string of the molecule is O=C(CON=Cc1ccc(N2CCOCC2)cc1)NC1CC1. The third-order valence-corrected chi connectivity index (χ3v) is 3.68. The molecule has 1 amide bonds. The quantitative estimate of drug-likeness (QED) is 0.632. The summed E-state index contributed by atoms with van der Waals surface area (Å²) < 4.78 is 5.35. The summed E-state index contributed by atoms with van der Waals surface area (Å²) in [6.07, 6.45) is 3.77. The summed E-state index contributed by atoms with van der Waals surface area (Å²) in [5.41, 5.74) is 2.13. The Morgan fingerprint density at radius 2 is 2.05 bits per heavy atom. The van der Waals surface area contributed by atoms with E-state index in [4.69, 9.17) is 9.57 Å². The largest absolute Gasteiger partial charge is 0.386 e. The van der Waals surface area contributed by atoms with Gasteiger partial charge in [-0.15, -0.1) is 0 Å². The Hall–Kier alpha value is -2.08. The number of amides is 1. The molecule has 1 aromatic carbocycles. The van der Waals surface area contributed by atoms with Crippen LogP contribution in [0.2, 0.25) is 0 Å². The summed E-state index contributed by atoms with van der Waals surface area (Å²) in [7, 11) is 0. The summed E-state index contributed by atoms with van der Waals surface area (Å²) in [4.78, 5) is 18.7. The van der Waals surface area contributed by atoms with Crippen LogP contribution >= 0.6 is 0 Å². The average molecular weight is 303 g/mol. The normalized spacial score (nSPS) is 18.5. The molecule has 2 aliphatic rings. The van der Waals surface area contributed by atoms with Gasteiger partial charge in [-0.2, -0.15) is 0 Å². The maximum atomic E-state index is 11.4. The first kappa shape index (κ1) is 14.8. The molecule has 0 spiro atoms. The van der Waals surface area contributed by atoms with Crippen molar-refractivity contribution in [3.8, 4) is 0 Å². The smallest absolute Gasteiger partial charge is 0.260 e. The molecule has 1 saturated heterocycles. The van der Waals surface area contributed by atoms with Gasteiger partial charge in [-0.1, -0.05) is 17.3 Å². The Morgan fingerprint density at radius 1 is 1.32 bits per heavy atom. The standard InChI is InChI=1S/C16H21N3O3/c20-16(18-14-3-4-14)12-22-17-11-13-1-5-15(6-2-13)19-7-9-21-10-8-19/h1-2,5-6,11,14H,3-4,7-10,12H2,(H,18,20). The molecule has 2 fully saturated rings. The van der Waals surface area contributed by atoms with E-state index in [0.29, 0.717) is 6.04 Å². The molecule has 1 aliphatic carbocycles. The van der Waals surface area contributed by atoms with Gasteiger partial charge < -0.3 is 19.8 Å². The molecular weight excluding hydrogens is 282 g/mol. The number of hydrogen-bond donors (Lipinski definition) is 1. The van der Waals surface area contributed by atoms with Gasteiger partial charge in [0.2, 0.25) is 0 Å². The number of anilines is 1. The monoisotopic (exact) mass is 303 g/mol. The molecule has 1 N–H and O–H groups in total. The maximum absolute atomic E-state index is 11.4. The first-order valence-corrected chi connectivity index (χ1v) is 7.69. The van der Waals surface area contributed by atoms with Gasteiger partial charge in [0.15, 0.2) is 6.61 Å². The molecule has 6 nitrogen and oxygen atoms in total. The lowest BCUT2D eigenvalue weighted by atomic mass is 10.2. The number of morpholine rings is 1. The van der Waals surface area contributed by atoms with Crippen molar-refractivity contribution in [3.05, 3.63) is 29.8 Å². The zero-order chi connectivity index (χ0) is 15.2. The minimum atomic E-state index is -0.109. The fraction of sp³-hybridized carbons (Fsp3) is 0.500. The number of nitrogens with zero attached hydrogens (tertiary/aromatic N) is 2. The molecular formula is C16H21N3O3. The number of rotatable bonds is 6. The second kappa shape index (κ2) is 7.26. The topological polar surface area (TPSA) is 63.2 Å². The van der Waals surface area contributed by atoms with Gasteiger partial charge in [-0.3, -0.25) is 4.79 Å². The number of oxime groups is 1. The summed E-state index contributed by atoms with van der Waals surface area (Å²) in [5.74, 6) is -0.109. The van der Waals surface area contributed by atoms with Gasteiger partial charge in [0.25, 0.3) is 5.91 Å². The van der Waals surface area contributed by atoms with E-state index in [9.17, 15) is 4.79 Å². The first-order chi connectivity index (χ1) is 10.8. The number of benzene rings is 1. The van der Waals surface area contributed by atoms with E-state index in [1.54, 1.807) is 6.21 Å². The minimum Gasteiger partial charge on any atom is -0.386 e. The van der Waals surface area contributed by atoms with Crippen LogP contribution in [0.25, 0.3) is 0 Å². The highest BCUT2D eigenvalue weighted by Gasteiger charge is 2.23. The van der Waals surface area contributed by atoms with Crippen molar-refractivity contribution < 1.29 is 14.4 Å². The minimum absolute atomic E-state index is 0.0289. The van der Waals surface area contributed by atoms with E-state index >= 15 is 0 Å². The highest BCUT2D eigenvalue weighted by molar-refractivity contribution is 5.80. The third-order valence-electron chi connectivity index (χ3n) is 3.68. The highest BCUT2D eigenvalue weighted by Crippen LogP contribution is 2.18. The van der Waals surface area contributed by atoms with Crippen molar-refractivity contribution >= 4 is 17.8 Å². The lowest BCUT2D eigenvalue weighted by Gasteiger charge is -2.28. The van der Waals surface area contributed by atoms with Crippen LogP contribution in [0.15, 0.2) is 29.4 Å². The molecule has 0 aromatic heterocycles. The van der Waals surface area contributed by atoms with Gasteiger partial charge >= 0.3 is 0 Å². The molecule has 0 atom stereocenters. The van der Waals surface area contributed by atoms with Gasteiger partial charge in [0, 0.05) is 24.8 Å². The van der Waals surface area contributed by atoms with Crippen LogP contribution < -0.4 is 10.2 Å². The molecule has 0 bridgehead atoms. The number of carbonyl (C=O) groups excluding carboxylic acids is 1. The van der Waals surface area contributed by atoms with Gasteiger partial charge in [-0.05, 0) is 30.5 Å². The molecule has 6 heteroatoms. The Bertz CT molecular complexity index is 520. The van der Waals surface area contributed by atoms with Gasteiger partial charge in [-0.25, -0.2) is 0 Å². The molecule has 0 radical (unpaired) electrons. The average Bonchev–Trinajstić information content (AvgIpc) is 3.37. The van der Waals surface area contributed by atoms with Gasteiger partial charge in [0.05, 0.1) is 19.4 Å². The molecule has 1 aromatic rings. The van der Waals surface area contributed by atoms with Crippen LogP contribution in [0.1, 0.15) is 18.4 Å². The highest BCUT2D eigenvalue weighted by atomic mass is 16.6. The molecule has 118 valence electrons. The Balaban J connectivity index is 1.43. The van der Waals surface area contributed by atoms with E-state index < -0.39 is 0 Å². The molecule has 22 heavy (non-hydrogen) atoms. The van der Waals surface area contributed by atoms with Crippen LogP contribution in [0, 0.1) is 0 Å². The van der Waals surface area contributed by atoms with E-state index in [2.05, 4.69) is 27.5 Å². The lowest BCUT2D eigenvalue weighted by molar-refractivity contribution is -0.125. The van der Waals surface area contributed by atoms with Crippen LogP contribution in [0.3, 0.4) is 0 Å². The van der Waals surface area contributed by atoms with Crippen molar-refractivity contribution in [2.75, 3.05) is 37.8 Å². The predicted molar refractivity (Wildman–Crippen MR) is 84.2 cm³/mol. The van der Waals surface area contributed by atoms with E-state index in [1.807, 2.05) is 12.1 Å². The molecule has 1 saturated carbocycles. The summed E-state index contributed by atoms with van der Waals surface area (Å²) in [6, 6.07) is 8.45. The Labute approximate surface area is 130 Å². The summed E-state index contributed by atoms with van der Waals surface area (Å²) >= 11 is 0. The van der Waals surface area contributed by atoms with Crippen LogP contribution in [0.5, 0.6) is 0 Å². The number of nitrogens with one attached hydrogen (secondary N) is 1. The van der Waals surface area contributed by atoms with Crippen molar-refractivity contribution in [3.63, 3.8) is 0 Å². The summed E-state index contributed by atoms with van der Waals surface area (Å²) in [5, 5.41) is 6.67. The fourth-order valence-electron chi connectivity index (χ4n) is 2.28. The van der Waals surface area contributed by atoms with E-state index in [0.717, 1.165) is 44.7 Å². The Morgan fingerprint density at radius 3 is 2.73 bits per heavy atom. The molecule has 1 heterocycles. The second-order valence-corrected chi connectivity index (χ2v) is 5.54. The predicted octanol–water partition coefficient (Wildman–Crippen LogP) is 1.15.